The molecule has 0 radical (unpaired) electrons. The minimum atomic E-state index is 0.0806. The minimum absolute atomic E-state index is 0.0806. The zero-order valence-corrected chi connectivity index (χ0v) is 8.37. The monoisotopic (exact) mass is 274 g/mol. The van der Waals surface area contributed by atoms with E-state index in [1.807, 2.05) is 18.2 Å². The third-order valence-corrected chi connectivity index (χ3v) is 2.58. The molecular weight excluding hydrogens is 267 g/mol. The van der Waals surface area contributed by atoms with Crippen LogP contribution in [0.15, 0.2) is 18.2 Å². The molecule has 0 atom stereocenters. The van der Waals surface area contributed by atoms with Crippen molar-refractivity contribution in [3.05, 3.63) is 27.5 Å². The van der Waals surface area contributed by atoms with Crippen molar-refractivity contribution in [1.82, 2.24) is 10.2 Å². The van der Waals surface area contributed by atoms with Gasteiger partial charge < -0.3 is 5.11 Å². The Bertz CT molecular complexity index is 410. The number of rotatable bonds is 1. The molecule has 0 aliphatic rings. The van der Waals surface area contributed by atoms with Crippen molar-refractivity contribution < 1.29 is 5.11 Å². The van der Waals surface area contributed by atoms with Crippen LogP contribution in [0.1, 0.15) is 5.56 Å². The van der Waals surface area contributed by atoms with E-state index in [0.29, 0.717) is 0 Å². The van der Waals surface area contributed by atoms with Gasteiger partial charge in [0.1, 0.15) is 3.70 Å². The topological polar surface area (TPSA) is 48.9 Å². The zero-order chi connectivity index (χ0) is 8.55. The molecule has 0 bridgehead atoms. The second-order valence-corrected chi connectivity index (χ2v) is 3.63. The number of fused-ring (bicyclic) bond motifs is 1. The van der Waals surface area contributed by atoms with E-state index in [2.05, 4.69) is 32.8 Å². The molecule has 0 saturated heterocycles. The molecule has 0 fully saturated rings. The van der Waals surface area contributed by atoms with E-state index in [0.717, 1.165) is 20.2 Å². The first kappa shape index (κ1) is 8.00. The molecule has 4 heteroatoms. The highest BCUT2D eigenvalue weighted by Crippen LogP contribution is 2.18. The Morgan fingerprint density at radius 2 is 2.33 bits per heavy atom. The van der Waals surface area contributed by atoms with E-state index in [1.54, 1.807) is 0 Å². The number of aromatic nitrogens is 2. The average molecular weight is 274 g/mol. The summed E-state index contributed by atoms with van der Waals surface area (Å²) in [7, 11) is 0. The van der Waals surface area contributed by atoms with Gasteiger partial charge in [0, 0.05) is 5.39 Å². The lowest BCUT2D eigenvalue weighted by Gasteiger charge is -1.94. The van der Waals surface area contributed by atoms with E-state index in [4.69, 9.17) is 5.11 Å². The van der Waals surface area contributed by atoms with Gasteiger partial charge in [-0.2, -0.15) is 5.10 Å². The van der Waals surface area contributed by atoms with Crippen LogP contribution in [0.2, 0.25) is 0 Å². The number of aliphatic hydroxyl groups excluding tert-OH is 1. The first-order chi connectivity index (χ1) is 5.81. The maximum absolute atomic E-state index is 8.89. The van der Waals surface area contributed by atoms with Gasteiger partial charge in [0.25, 0.3) is 0 Å². The quantitative estimate of drug-likeness (QED) is 0.777. The Morgan fingerprint density at radius 1 is 1.50 bits per heavy atom. The second kappa shape index (κ2) is 3.02. The van der Waals surface area contributed by atoms with E-state index >= 15 is 0 Å². The van der Waals surface area contributed by atoms with Crippen LogP contribution in [0.5, 0.6) is 0 Å². The fourth-order valence-corrected chi connectivity index (χ4v) is 1.68. The van der Waals surface area contributed by atoms with Gasteiger partial charge in [-0.25, -0.2) is 0 Å². The minimum Gasteiger partial charge on any atom is -0.392 e. The van der Waals surface area contributed by atoms with Crippen molar-refractivity contribution in [3.63, 3.8) is 0 Å². The van der Waals surface area contributed by atoms with Gasteiger partial charge in [-0.15, -0.1) is 0 Å². The lowest BCUT2D eigenvalue weighted by Crippen LogP contribution is -1.81. The maximum atomic E-state index is 8.89. The van der Waals surface area contributed by atoms with Gasteiger partial charge >= 0.3 is 0 Å². The molecular formula is C8H7IN2O. The lowest BCUT2D eigenvalue weighted by atomic mass is 10.2. The lowest BCUT2D eigenvalue weighted by molar-refractivity contribution is 0.282. The van der Waals surface area contributed by atoms with Crippen molar-refractivity contribution in [3.8, 4) is 0 Å². The van der Waals surface area contributed by atoms with Crippen LogP contribution in [0.4, 0.5) is 0 Å². The largest absolute Gasteiger partial charge is 0.392 e. The molecule has 0 spiro atoms. The van der Waals surface area contributed by atoms with Crippen LogP contribution in [-0.2, 0) is 6.61 Å². The van der Waals surface area contributed by atoms with Crippen LogP contribution in [0.3, 0.4) is 0 Å². The number of halogens is 1. The Balaban J connectivity index is 2.71. The zero-order valence-electron chi connectivity index (χ0n) is 6.21. The summed E-state index contributed by atoms with van der Waals surface area (Å²) in [6.45, 7) is 0.0806. The summed E-state index contributed by atoms with van der Waals surface area (Å²) in [6, 6.07) is 5.72. The van der Waals surface area contributed by atoms with E-state index < -0.39 is 0 Å². The van der Waals surface area contributed by atoms with E-state index in [9.17, 15) is 0 Å². The highest BCUT2D eigenvalue weighted by atomic mass is 127. The number of hydrogen-bond donors (Lipinski definition) is 2. The molecule has 12 heavy (non-hydrogen) atoms. The van der Waals surface area contributed by atoms with Crippen molar-refractivity contribution in [1.29, 1.82) is 0 Å². The first-order valence-electron chi connectivity index (χ1n) is 3.54. The third-order valence-electron chi connectivity index (χ3n) is 1.75. The van der Waals surface area contributed by atoms with Gasteiger partial charge in [-0.3, -0.25) is 5.10 Å². The van der Waals surface area contributed by atoms with Crippen molar-refractivity contribution >= 4 is 33.5 Å². The van der Waals surface area contributed by atoms with Crippen LogP contribution in [-0.4, -0.2) is 15.3 Å². The molecule has 62 valence electrons. The fourth-order valence-electron chi connectivity index (χ4n) is 1.12. The Morgan fingerprint density at radius 3 is 3.08 bits per heavy atom. The highest BCUT2D eigenvalue weighted by molar-refractivity contribution is 14.1. The molecule has 0 aliphatic heterocycles. The molecule has 3 nitrogen and oxygen atoms in total. The summed E-state index contributed by atoms with van der Waals surface area (Å²) in [5, 5.41) is 16.9. The summed E-state index contributed by atoms with van der Waals surface area (Å²) in [5.74, 6) is 0. The van der Waals surface area contributed by atoms with E-state index in [1.165, 1.54) is 0 Å². The molecule has 1 aromatic heterocycles. The standard InChI is InChI=1S/C8H7IN2O/c9-8-6-3-5(4-12)1-2-7(6)10-11-8/h1-3,12H,4H2,(H,10,11). The molecule has 1 aromatic carbocycles. The molecule has 0 amide bonds. The van der Waals surface area contributed by atoms with Gasteiger partial charge in [0.2, 0.25) is 0 Å². The summed E-state index contributed by atoms with van der Waals surface area (Å²) in [4.78, 5) is 0. The number of hydrogen-bond acceptors (Lipinski definition) is 2. The molecule has 0 saturated carbocycles. The van der Waals surface area contributed by atoms with Crippen LogP contribution < -0.4 is 0 Å². The molecule has 2 aromatic rings. The van der Waals surface area contributed by atoms with Crippen molar-refractivity contribution in [2.75, 3.05) is 0 Å². The summed E-state index contributed by atoms with van der Waals surface area (Å²) in [6.07, 6.45) is 0. The summed E-state index contributed by atoms with van der Waals surface area (Å²) >= 11 is 2.19. The van der Waals surface area contributed by atoms with Gasteiger partial charge in [-0.05, 0) is 40.3 Å². The van der Waals surface area contributed by atoms with Gasteiger partial charge in [-0.1, -0.05) is 6.07 Å². The summed E-state index contributed by atoms with van der Waals surface area (Å²) < 4.78 is 1.01. The summed E-state index contributed by atoms with van der Waals surface area (Å²) in [5.41, 5.74) is 1.86. The number of benzene rings is 1. The predicted octanol–water partition coefficient (Wildman–Crippen LogP) is 1.66. The highest BCUT2D eigenvalue weighted by Gasteiger charge is 2.01. The molecule has 1 heterocycles. The number of aromatic amines is 1. The first-order valence-corrected chi connectivity index (χ1v) is 4.62. The van der Waals surface area contributed by atoms with E-state index in [-0.39, 0.29) is 6.61 Å². The van der Waals surface area contributed by atoms with Gasteiger partial charge in [0.05, 0.1) is 12.1 Å². The smallest absolute Gasteiger partial charge is 0.104 e. The predicted molar refractivity (Wildman–Crippen MR) is 54.7 cm³/mol. The number of nitrogens with one attached hydrogen (secondary N) is 1. The van der Waals surface area contributed by atoms with Crippen molar-refractivity contribution in [2.45, 2.75) is 6.61 Å². The fraction of sp³-hybridized carbons (Fsp3) is 0.125. The molecule has 2 N–H and O–H groups in total. The normalized spacial score (nSPS) is 10.8. The van der Waals surface area contributed by atoms with Crippen LogP contribution in [0.25, 0.3) is 10.9 Å². The maximum Gasteiger partial charge on any atom is 0.104 e. The average Bonchev–Trinajstić information content (AvgIpc) is 2.47. The van der Waals surface area contributed by atoms with Crippen LogP contribution in [0, 0.1) is 3.70 Å². The Kier molecular flexibility index (Phi) is 2.02. The van der Waals surface area contributed by atoms with Crippen LogP contribution >= 0.6 is 22.6 Å². The molecule has 2 rings (SSSR count). The molecule has 0 aliphatic carbocycles. The van der Waals surface area contributed by atoms with Gasteiger partial charge in [0.15, 0.2) is 0 Å². The Hall–Kier alpha value is -0.620. The third kappa shape index (κ3) is 1.21. The Labute approximate surface area is 82.9 Å². The number of H-pyrrole nitrogens is 1. The SMILES string of the molecule is OCc1ccc2n[nH]c(I)c2c1. The number of nitrogens with zero attached hydrogens (tertiary/aromatic N) is 1. The molecule has 0 unspecified atom stereocenters. The number of aliphatic hydroxyl groups is 1. The second-order valence-electron chi connectivity index (χ2n) is 2.55. The van der Waals surface area contributed by atoms with Crippen molar-refractivity contribution in [2.24, 2.45) is 0 Å².